The van der Waals surface area contributed by atoms with Gasteiger partial charge in [-0.25, -0.2) is 0 Å². The van der Waals surface area contributed by atoms with Crippen molar-refractivity contribution < 1.29 is 17.2 Å². The van der Waals surface area contributed by atoms with Gasteiger partial charge in [0.2, 0.25) is 11.9 Å². The van der Waals surface area contributed by atoms with Crippen molar-refractivity contribution in [3.8, 4) is 0 Å². The zero-order chi connectivity index (χ0) is 8.20. The van der Waals surface area contributed by atoms with Crippen molar-refractivity contribution >= 4 is 22.1 Å². The number of hydrogen-bond donors (Lipinski definition) is 3. The molecule has 0 unspecified atom stereocenters. The maximum atomic E-state index is 10.0. The highest BCUT2D eigenvalue weighted by molar-refractivity contribution is 7.94. The second-order valence-electron chi connectivity index (χ2n) is 1.45. The molecule has 0 aliphatic carbocycles. The second-order valence-corrected chi connectivity index (χ2v) is 4.08. The molecule has 0 amide bonds. The monoisotopic (exact) mass is 186 g/mol. The Hall–Kier alpha value is -0.340. The minimum atomic E-state index is -3.91. The first-order chi connectivity index (χ1) is 4.42. The topological polar surface area (TPSA) is 107 Å². The van der Waals surface area contributed by atoms with Gasteiger partial charge in [-0.15, -0.1) is 0 Å². The summed E-state index contributed by atoms with van der Waals surface area (Å²) >= 11 is 0.797. The molecular weight excluding hydrogens is 178 g/mol. The van der Waals surface area contributed by atoms with Crippen LogP contribution in [0.2, 0.25) is 0 Å². The predicted octanol–water partition coefficient (Wildman–Crippen LogP) is -0.560. The molecule has 0 aliphatic heterocycles. The highest BCUT2D eigenvalue weighted by atomic mass is 32.2. The van der Waals surface area contributed by atoms with Gasteiger partial charge in [-0.3, -0.25) is 4.55 Å². The summed E-state index contributed by atoms with van der Waals surface area (Å²) in [5.41, 5.74) is 6.58. The van der Waals surface area contributed by atoms with E-state index in [1.165, 1.54) is 0 Å². The molecular formula is C2H8N3O3S2+. The van der Waals surface area contributed by atoms with Gasteiger partial charge in [-0.1, -0.05) is 0 Å². The Labute approximate surface area is 62.7 Å². The maximum absolute atomic E-state index is 10.0. The Morgan fingerprint density at radius 3 is 2.50 bits per heavy atom. The molecule has 10 heavy (non-hydrogen) atoms. The molecule has 0 rings (SSSR count). The fourth-order valence-corrected chi connectivity index (χ4v) is 1.58. The van der Waals surface area contributed by atoms with Gasteiger partial charge >= 0.3 is 0 Å². The lowest BCUT2D eigenvalue weighted by Crippen LogP contribution is -2.12. The van der Waals surface area contributed by atoms with Crippen LogP contribution in [0.4, 0.5) is 0 Å². The first-order valence-electron chi connectivity index (χ1n) is 2.26. The van der Waals surface area contributed by atoms with Crippen LogP contribution in [-0.4, -0.2) is 28.7 Å². The molecule has 0 aliphatic rings. The largest absolute Gasteiger partial charge is 0.286 e. The molecule has 0 bridgehead atoms. The molecule has 0 aromatic heterocycles. The summed E-state index contributed by atoms with van der Waals surface area (Å²) in [4.78, 5) is 0. The van der Waals surface area contributed by atoms with E-state index in [2.05, 4.69) is 0 Å². The van der Waals surface area contributed by atoms with Crippen molar-refractivity contribution in [2.75, 3.05) is 11.5 Å². The molecule has 8 heteroatoms. The van der Waals surface area contributed by atoms with Crippen LogP contribution in [0.5, 0.6) is 0 Å². The van der Waals surface area contributed by atoms with E-state index < -0.39 is 10.1 Å². The third-order valence-corrected chi connectivity index (χ3v) is 2.21. The van der Waals surface area contributed by atoms with Gasteiger partial charge in [0.05, 0.1) is 15.7 Å². The average Bonchev–Trinajstić information content (AvgIpc) is 1.59. The van der Waals surface area contributed by atoms with Gasteiger partial charge in [0.25, 0.3) is 10.1 Å². The Bertz CT molecular complexity index is 210. The maximum Gasteiger partial charge on any atom is 0.265 e. The molecule has 6 nitrogen and oxygen atoms in total. The molecule has 4 N–H and O–H groups in total. The van der Waals surface area contributed by atoms with Gasteiger partial charge in [0, 0.05) is 0 Å². The van der Waals surface area contributed by atoms with Crippen molar-refractivity contribution in [2.24, 2.45) is 5.84 Å². The van der Waals surface area contributed by atoms with Crippen LogP contribution >= 0.6 is 11.9 Å². The third-order valence-electron chi connectivity index (χ3n) is 0.572. The molecule has 0 saturated carbocycles. The van der Waals surface area contributed by atoms with Gasteiger partial charge in [-0.2, -0.15) is 14.3 Å². The molecule has 0 aromatic carbocycles. The zero-order valence-corrected chi connectivity index (χ0v) is 6.65. The molecule has 60 valence electrons. The van der Waals surface area contributed by atoms with E-state index in [0.717, 1.165) is 11.9 Å². The van der Waals surface area contributed by atoms with Gasteiger partial charge in [0.15, 0.2) is 0 Å². The summed E-state index contributed by atoms with van der Waals surface area (Å²) in [5.74, 6) is 4.51. The Morgan fingerprint density at radius 2 is 2.20 bits per heavy atom. The number of hydrazine groups is 1. The van der Waals surface area contributed by atoms with E-state index in [9.17, 15) is 8.42 Å². The lowest BCUT2D eigenvalue weighted by molar-refractivity contribution is -0.461. The highest BCUT2D eigenvalue weighted by Crippen LogP contribution is 1.97. The first-order valence-corrected chi connectivity index (χ1v) is 4.81. The Kier molecular flexibility index (Phi) is 3.61. The summed E-state index contributed by atoms with van der Waals surface area (Å²) in [7, 11) is -3.91. The van der Waals surface area contributed by atoms with Crippen LogP contribution in [-0.2, 0) is 10.1 Å². The molecule has 0 atom stereocenters. The lowest BCUT2D eigenvalue weighted by Gasteiger charge is -1.88. The highest BCUT2D eigenvalue weighted by Gasteiger charge is 2.08. The number of nitrogens with one attached hydrogen (secondary N) is 1. The van der Waals surface area contributed by atoms with E-state index >= 15 is 0 Å². The molecule has 0 fully saturated rings. The quantitative estimate of drug-likeness (QED) is 0.136. The summed E-state index contributed by atoms with van der Waals surface area (Å²) < 4.78 is 28.8. The third kappa shape index (κ3) is 7.66. The van der Waals surface area contributed by atoms with Crippen molar-refractivity contribution in [2.45, 2.75) is 0 Å². The molecule has 0 spiro atoms. The number of nitrogens with two attached hydrogens (primary N) is 1. The van der Waals surface area contributed by atoms with Crippen LogP contribution in [0.3, 0.4) is 0 Å². The minimum Gasteiger partial charge on any atom is -0.286 e. The van der Waals surface area contributed by atoms with E-state index in [-0.39, 0.29) is 11.5 Å². The van der Waals surface area contributed by atoms with Crippen LogP contribution in [0.1, 0.15) is 0 Å². The van der Waals surface area contributed by atoms with Crippen molar-refractivity contribution in [3.63, 3.8) is 0 Å². The zero-order valence-electron chi connectivity index (χ0n) is 5.02. The molecule has 0 saturated heterocycles. The standard InChI is InChI=1S/C2H7N3O3S2/c3-5(4)9-1-2-10(6,7)8/h1-2H2,(H3-,3,4,6,7,8)/p+1. The molecule has 0 radical (unpaired) electrons. The smallest absolute Gasteiger partial charge is 0.265 e. The fourth-order valence-electron chi connectivity index (χ4n) is 0.241. The van der Waals surface area contributed by atoms with E-state index in [1.807, 2.05) is 0 Å². The Balaban J connectivity index is 3.49. The van der Waals surface area contributed by atoms with Crippen molar-refractivity contribution in [1.29, 1.82) is 5.53 Å². The van der Waals surface area contributed by atoms with Crippen LogP contribution in [0.15, 0.2) is 0 Å². The summed E-state index contributed by atoms with van der Waals surface area (Å²) in [6, 6.07) is 0. The molecule has 0 aromatic rings. The van der Waals surface area contributed by atoms with E-state index in [0.29, 0.717) is 4.21 Å². The summed E-state index contributed by atoms with van der Waals surface area (Å²) in [6.45, 7) is 0. The fraction of sp³-hybridized carbons (Fsp3) is 1.00. The van der Waals surface area contributed by atoms with Crippen molar-refractivity contribution in [1.82, 2.24) is 0 Å². The lowest BCUT2D eigenvalue weighted by atomic mass is 11.0. The van der Waals surface area contributed by atoms with Gasteiger partial charge < -0.3 is 0 Å². The van der Waals surface area contributed by atoms with Crippen LogP contribution in [0, 0.1) is 5.53 Å². The summed E-state index contributed by atoms with van der Waals surface area (Å²) in [6.07, 6.45) is 0. The number of nitrogens with zero attached hydrogens (tertiary/aromatic N) is 1. The average molecular weight is 186 g/mol. The number of hydrogen-bond acceptors (Lipinski definition) is 4. The summed E-state index contributed by atoms with van der Waals surface area (Å²) in [5, 5.41) is 0. The SMILES string of the molecule is N=[N+](N)SCCS(=O)(=O)O. The van der Waals surface area contributed by atoms with Crippen LogP contribution < -0.4 is 5.84 Å². The normalized spacial score (nSPS) is 11.3. The molecule has 0 heterocycles. The first kappa shape index (κ1) is 9.66. The van der Waals surface area contributed by atoms with Gasteiger partial charge in [0.1, 0.15) is 0 Å². The second kappa shape index (κ2) is 3.74. The predicted molar refractivity (Wildman–Crippen MR) is 36.0 cm³/mol. The van der Waals surface area contributed by atoms with Gasteiger partial charge in [-0.05, 0) is 5.53 Å². The number of rotatable bonds is 4. The van der Waals surface area contributed by atoms with Crippen molar-refractivity contribution in [3.05, 3.63) is 0 Å². The van der Waals surface area contributed by atoms with E-state index in [1.54, 1.807) is 0 Å². The Morgan fingerprint density at radius 1 is 1.70 bits per heavy atom. The van der Waals surface area contributed by atoms with Crippen LogP contribution in [0.25, 0.3) is 0 Å². The van der Waals surface area contributed by atoms with E-state index in [4.69, 9.17) is 15.9 Å². The minimum absolute atomic E-state index is 0.0822.